The lowest BCUT2D eigenvalue weighted by molar-refractivity contribution is -0.139. The number of amides is 1. The number of morpholine rings is 1. The molecule has 1 fully saturated rings. The average molecular weight is 531 g/mol. The predicted molar refractivity (Wildman–Crippen MR) is 141 cm³/mol. The van der Waals surface area contributed by atoms with E-state index in [0.717, 1.165) is 44.1 Å². The number of nitrogens with one attached hydrogen (secondary N) is 1. The van der Waals surface area contributed by atoms with E-state index in [9.17, 15) is 9.59 Å². The van der Waals surface area contributed by atoms with E-state index in [-0.39, 0.29) is 18.9 Å². The van der Waals surface area contributed by atoms with E-state index in [1.807, 2.05) is 22.4 Å². The van der Waals surface area contributed by atoms with Crippen molar-refractivity contribution in [2.75, 3.05) is 60.2 Å². The summed E-state index contributed by atoms with van der Waals surface area (Å²) in [5.41, 5.74) is 2.52. The Morgan fingerprint density at radius 3 is 2.51 bits per heavy atom. The average Bonchev–Trinajstić information content (AvgIpc) is 3.29. The maximum Gasteiger partial charge on any atom is 0.338 e. The molecule has 1 aromatic rings. The first-order valence-electron chi connectivity index (χ1n) is 12.4. The lowest BCUT2D eigenvalue weighted by Gasteiger charge is -2.36. The van der Waals surface area contributed by atoms with E-state index in [1.54, 1.807) is 34.1 Å². The van der Waals surface area contributed by atoms with Crippen LogP contribution in [-0.2, 0) is 19.1 Å². The molecule has 1 saturated heterocycles. The molecule has 1 unspecified atom stereocenters. The summed E-state index contributed by atoms with van der Waals surface area (Å²) in [6.45, 7) is 8.35. The van der Waals surface area contributed by atoms with E-state index in [2.05, 4.69) is 10.2 Å². The Kier molecular flexibility index (Phi) is 9.12. The SMILES string of the molecule is CCOC(=O)C1=C(C)N=C2SC=C(CC(=O)NCCN3CCOCC3)N2C1c1cc(OC)cc(OC)c1. The lowest BCUT2D eigenvalue weighted by atomic mass is 9.93. The van der Waals surface area contributed by atoms with Gasteiger partial charge in [-0.15, -0.1) is 0 Å². The molecule has 0 bridgehead atoms. The van der Waals surface area contributed by atoms with Crippen molar-refractivity contribution in [2.45, 2.75) is 26.3 Å². The molecule has 37 heavy (non-hydrogen) atoms. The number of methoxy groups -OCH3 is 2. The molecule has 4 rings (SSSR count). The maximum atomic E-state index is 13.2. The zero-order valence-corrected chi connectivity index (χ0v) is 22.6. The second-order valence-electron chi connectivity index (χ2n) is 8.74. The minimum Gasteiger partial charge on any atom is -0.497 e. The van der Waals surface area contributed by atoms with Crippen molar-refractivity contribution in [1.29, 1.82) is 0 Å². The molecule has 0 spiro atoms. The van der Waals surface area contributed by atoms with Crippen molar-refractivity contribution in [2.24, 2.45) is 4.99 Å². The van der Waals surface area contributed by atoms with Gasteiger partial charge >= 0.3 is 5.97 Å². The highest BCUT2D eigenvalue weighted by Gasteiger charge is 2.41. The minimum absolute atomic E-state index is 0.0905. The number of aliphatic imine (C=N–C) groups is 1. The fourth-order valence-corrected chi connectivity index (χ4v) is 5.51. The summed E-state index contributed by atoms with van der Waals surface area (Å²) < 4.78 is 21.8. The summed E-state index contributed by atoms with van der Waals surface area (Å²) in [5, 5.41) is 5.65. The highest BCUT2D eigenvalue weighted by molar-refractivity contribution is 8.16. The standard InChI is InChI=1S/C26H34N4O6S/c1-5-36-25(32)23-17(2)28-26-30(24(23)18-12-20(33-3)15-21(13-18)34-4)19(16-37-26)14-22(31)27-6-7-29-8-10-35-11-9-29/h12-13,15-16,24H,5-11,14H2,1-4H3,(H,27,31). The Hall–Kier alpha value is -3.02. The Bertz CT molecular complexity index is 1090. The lowest BCUT2D eigenvalue weighted by Crippen LogP contribution is -2.42. The number of esters is 1. The fraction of sp³-hybridized carbons (Fsp3) is 0.500. The van der Waals surface area contributed by atoms with Crippen molar-refractivity contribution >= 4 is 28.8 Å². The third-order valence-corrected chi connectivity index (χ3v) is 7.27. The number of nitrogens with zero attached hydrogens (tertiary/aromatic N) is 3. The predicted octanol–water partition coefficient (Wildman–Crippen LogP) is 2.68. The minimum atomic E-state index is -0.557. The molecule has 0 aliphatic carbocycles. The highest BCUT2D eigenvalue weighted by atomic mass is 32.2. The molecule has 1 atom stereocenters. The molecule has 3 aliphatic rings. The van der Waals surface area contributed by atoms with Gasteiger partial charge in [-0.2, -0.15) is 0 Å². The van der Waals surface area contributed by atoms with Gasteiger partial charge in [0.25, 0.3) is 0 Å². The number of thioether (sulfide) groups is 1. The van der Waals surface area contributed by atoms with Crippen molar-refractivity contribution in [3.63, 3.8) is 0 Å². The van der Waals surface area contributed by atoms with Gasteiger partial charge < -0.3 is 29.2 Å². The zero-order chi connectivity index (χ0) is 26.4. The van der Waals surface area contributed by atoms with Gasteiger partial charge in [0.2, 0.25) is 5.91 Å². The van der Waals surface area contributed by atoms with Crippen LogP contribution in [0.25, 0.3) is 0 Å². The van der Waals surface area contributed by atoms with Crippen molar-refractivity contribution in [3.8, 4) is 11.5 Å². The summed E-state index contributed by atoms with van der Waals surface area (Å²) in [6, 6.07) is 4.95. The van der Waals surface area contributed by atoms with Crippen LogP contribution in [-0.4, -0.2) is 87.1 Å². The Morgan fingerprint density at radius 2 is 1.86 bits per heavy atom. The van der Waals surface area contributed by atoms with Gasteiger partial charge in [0.05, 0.1) is 57.8 Å². The van der Waals surface area contributed by atoms with Gasteiger partial charge in [0.15, 0.2) is 5.17 Å². The van der Waals surface area contributed by atoms with Crippen LogP contribution in [0.2, 0.25) is 0 Å². The number of ether oxygens (including phenoxy) is 4. The molecule has 0 saturated carbocycles. The molecule has 1 amide bonds. The number of rotatable bonds is 10. The molecule has 0 aromatic heterocycles. The second kappa shape index (κ2) is 12.5. The largest absolute Gasteiger partial charge is 0.497 e. The summed E-state index contributed by atoms with van der Waals surface area (Å²) in [7, 11) is 3.16. The molecule has 1 aromatic carbocycles. The number of amidine groups is 1. The van der Waals surface area contributed by atoms with Gasteiger partial charge in [-0.3, -0.25) is 9.69 Å². The van der Waals surface area contributed by atoms with Gasteiger partial charge in [-0.1, -0.05) is 11.8 Å². The van der Waals surface area contributed by atoms with Crippen LogP contribution in [0.4, 0.5) is 0 Å². The van der Waals surface area contributed by atoms with E-state index >= 15 is 0 Å². The van der Waals surface area contributed by atoms with Gasteiger partial charge in [0, 0.05) is 37.9 Å². The number of benzene rings is 1. The van der Waals surface area contributed by atoms with Crippen LogP contribution in [0.15, 0.2) is 45.6 Å². The van der Waals surface area contributed by atoms with Gasteiger partial charge in [0.1, 0.15) is 11.5 Å². The molecule has 11 heteroatoms. The van der Waals surface area contributed by atoms with E-state index in [4.69, 9.17) is 23.9 Å². The van der Waals surface area contributed by atoms with E-state index in [1.165, 1.54) is 11.8 Å². The monoisotopic (exact) mass is 530 g/mol. The number of fused-ring (bicyclic) bond motifs is 1. The van der Waals surface area contributed by atoms with Crippen LogP contribution >= 0.6 is 11.8 Å². The van der Waals surface area contributed by atoms with Crippen molar-refractivity contribution in [3.05, 3.63) is 46.1 Å². The number of carbonyl (C=O) groups excluding carboxylic acids is 2. The normalized spacial score (nSPS) is 19.7. The third kappa shape index (κ3) is 6.28. The van der Waals surface area contributed by atoms with Crippen molar-refractivity contribution < 1.29 is 28.5 Å². The van der Waals surface area contributed by atoms with Crippen LogP contribution < -0.4 is 14.8 Å². The van der Waals surface area contributed by atoms with Crippen LogP contribution in [0.5, 0.6) is 11.5 Å². The smallest absolute Gasteiger partial charge is 0.338 e. The number of allylic oxidation sites excluding steroid dienone is 1. The molecule has 3 aliphatic heterocycles. The van der Waals surface area contributed by atoms with Crippen LogP contribution in [0.3, 0.4) is 0 Å². The van der Waals surface area contributed by atoms with Crippen LogP contribution in [0, 0.1) is 0 Å². The number of hydrogen-bond acceptors (Lipinski definition) is 10. The summed E-state index contributed by atoms with van der Waals surface area (Å²) >= 11 is 1.44. The molecule has 200 valence electrons. The van der Waals surface area contributed by atoms with E-state index < -0.39 is 12.0 Å². The second-order valence-corrected chi connectivity index (χ2v) is 9.58. The molecule has 0 radical (unpaired) electrons. The first-order valence-corrected chi connectivity index (χ1v) is 13.2. The molecular formula is C26H34N4O6S. The summed E-state index contributed by atoms with van der Waals surface area (Å²) in [4.78, 5) is 35.0. The highest BCUT2D eigenvalue weighted by Crippen LogP contribution is 2.46. The van der Waals surface area contributed by atoms with Crippen LogP contribution in [0.1, 0.15) is 31.9 Å². The molecule has 10 nitrogen and oxygen atoms in total. The summed E-state index contributed by atoms with van der Waals surface area (Å²) in [6.07, 6.45) is 0.155. The topological polar surface area (TPSA) is 102 Å². The molecule has 1 N–H and O–H groups in total. The Balaban J connectivity index is 1.58. The first-order chi connectivity index (χ1) is 17.9. The maximum absolute atomic E-state index is 13.2. The quantitative estimate of drug-likeness (QED) is 0.458. The third-order valence-electron chi connectivity index (χ3n) is 6.38. The number of carbonyl (C=O) groups is 2. The zero-order valence-electron chi connectivity index (χ0n) is 21.7. The molecule has 3 heterocycles. The Morgan fingerprint density at radius 1 is 1.16 bits per heavy atom. The molecular weight excluding hydrogens is 496 g/mol. The fourth-order valence-electron chi connectivity index (χ4n) is 4.55. The van der Waals surface area contributed by atoms with Gasteiger partial charge in [-0.05, 0) is 37.0 Å². The van der Waals surface area contributed by atoms with Gasteiger partial charge in [-0.25, -0.2) is 9.79 Å². The number of hydrogen-bond donors (Lipinski definition) is 1. The first kappa shape index (κ1) is 27.0. The summed E-state index contributed by atoms with van der Waals surface area (Å²) in [5.74, 6) is 0.656. The van der Waals surface area contributed by atoms with Crippen molar-refractivity contribution in [1.82, 2.24) is 15.1 Å². The van der Waals surface area contributed by atoms with E-state index in [0.29, 0.717) is 34.5 Å². The Labute approximate surface area is 221 Å².